The lowest BCUT2D eigenvalue weighted by Crippen LogP contribution is -2.49. The van der Waals surface area contributed by atoms with Gasteiger partial charge in [0.05, 0.1) is 18.5 Å². The van der Waals surface area contributed by atoms with Gasteiger partial charge in [-0.25, -0.2) is 4.98 Å². The Morgan fingerprint density at radius 3 is 3.04 bits per heavy atom. The van der Waals surface area contributed by atoms with Crippen molar-refractivity contribution in [3.63, 3.8) is 0 Å². The zero-order valence-corrected chi connectivity index (χ0v) is 14.3. The Morgan fingerprint density at radius 1 is 1.43 bits per heavy atom. The van der Waals surface area contributed by atoms with Crippen molar-refractivity contribution >= 4 is 5.96 Å². The number of hydrogen-bond donors (Lipinski definition) is 1. The molecule has 0 bridgehead atoms. The molecule has 1 aromatic heterocycles. The predicted molar refractivity (Wildman–Crippen MR) is 91.6 cm³/mol. The van der Waals surface area contributed by atoms with Crippen molar-refractivity contribution < 1.29 is 4.74 Å². The number of nitrogens with one attached hydrogen (secondary N) is 1. The van der Waals surface area contributed by atoms with Gasteiger partial charge in [0, 0.05) is 45.7 Å². The summed E-state index contributed by atoms with van der Waals surface area (Å²) < 4.78 is 7.92. The fraction of sp³-hybridized carbons (Fsp3) is 0.765. The number of rotatable bonds is 4. The summed E-state index contributed by atoms with van der Waals surface area (Å²) in [5, 5.41) is 3.52. The van der Waals surface area contributed by atoms with Crippen molar-refractivity contribution in [2.45, 2.75) is 44.8 Å². The van der Waals surface area contributed by atoms with Crippen LogP contribution in [0.25, 0.3) is 0 Å². The Kier molecular flexibility index (Phi) is 5.54. The van der Waals surface area contributed by atoms with Crippen LogP contribution in [-0.4, -0.2) is 59.8 Å². The first kappa shape index (κ1) is 16.3. The number of hydrogen-bond acceptors (Lipinski definition) is 3. The van der Waals surface area contributed by atoms with Crippen LogP contribution in [0.3, 0.4) is 0 Å². The fourth-order valence-corrected chi connectivity index (χ4v) is 3.64. The maximum Gasteiger partial charge on any atom is 0.193 e. The van der Waals surface area contributed by atoms with E-state index in [4.69, 9.17) is 4.74 Å². The molecule has 0 aliphatic carbocycles. The van der Waals surface area contributed by atoms with E-state index < -0.39 is 0 Å². The van der Waals surface area contributed by atoms with Gasteiger partial charge in [-0.15, -0.1) is 0 Å². The summed E-state index contributed by atoms with van der Waals surface area (Å²) in [5.74, 6) is 1.67. The summed E-state index contributed by atoms with van der Waals surface area (Å²) in [7, 11) is 1.87. The smallest absolute Gasteiger partial charge is 0.193 e. The highest BCUT2D eigenvalue weighted by molar-refractivity contribution is 5.80. The molecule has 1 aromatic rings. The van der Waals surface area contributed by atoms with Crippen LogP contribution in [0.4, 0.5) is 0 Å². The van der Waals surface area contributed by atoms with E-state index in [2.05, 4.69) is 37.9 Å². The number of aromatic nitrogens is 2. The van der Waals surface area contributed by atoms with Gasteiger partial charge in [-0.1, -0.05) is 6.92 Å². The first-order valence-electron chi connectivity index (χ1n) is 8.82. The average Bonchev–Trinajstić information content (AvgIpc) is 3.26. The van der Waals surface area contributed by atoms with Crippen LogP contribution < -0.4 is 5.32 Å². The Balaban J connectivity index is 1.53. The normalized spacial score (nSPS) is 29.0. The molecular formula is C17H29N5O. The summed E-state index contributed by atoms with van der Waals surface area (Å²) in [6.45, 7) is 6.23. The summed E-state index contributed by atoms with van der Waals surface area (Å²) in [6, 6.07) is 0.461. The van der Waals surface area contributed by atoms with Crippen molar-refractivity contribution in [2.24, 2.45) is 10.9 Å². The third kappa shape index (κ3) is 4.05. The zero-order valence-electron chi connectivity index (χ0n) is 14.3. The Labute approximate surface area is 138 Å². The van der Waals surface area contributed by atoms with Crippen molar-refractivity contribution in [2.75, 3.05) is 33.3 Å². The van der Waals surface area contributed by atoms with Crippen molar-refractivity contribution in [3.05, 3.63) is 18.7 Å². The predicted octanol–water partition coefficient (Wildman–Crippen LogP) is 1.91. The van der Waals surface area contributed by atoms with Gasteiger partial charge in [0.15, 0.2) is 5.96 Å². The molecule has 0 spiro atoms. The maximum absolute atomic E-state index is 5.69. The Morgan fingerprint density at radius 2 is 2.35 bits per heavy atom. The molecule has 1 N–H and O–H groups in total. The molecule has 3 unspecified atom stereocenters. The highest BCUT2D eigenvalue weighted by Crippen LogP contribution is 2.27. The number of nitrogens with zero attached hydrogens (tertiary/aromatic N) is 4. The van der Waals surface area contributed by atoms with Crippen LogP contribution in [-0.2, 0) is 4.74 Å². The first-order valence-corrected chi connectivity index (χ1v) is 8.82. The largest absolute Gasteiger partial charge is 0.378 e. The molecule has 0 amide bonds. The SMILES string of the molecule is CN=C(NCCC1CCCO1)N1CCC(C)C(n2ccnc2)C1. The van der Waals surface area contributed by atoms with E-state index >= 15 is 0 Å². The summed E-state index contributed by atoms with van der Waals surface area (Å²) in [5.41, 5.74) is 0. The van der Waals surface area contributed by atoms with Gasteiger partial charge in [-0.05, 0) is 31.6 Å². The third-order valence-corrected chi connectivity index (χ3v) is 5.11. The van der Waals surface area contributed by atoms with Crippen molar-refractivity contribution in [1.82, 2.24) is 19.8 Å². The number of ether oxygens (including phenoxy) is 1. The van der Waals surface area contributed by atoms with E-state index in [1.165, 1.54) is 19.3 Å². The second-order valence-electron chi connectivity index (χ2n) is 6.69. The molecule has 2 aliphatic rings. The standard InChI is InChI=1S/C17H29N5O/c1-14-6-9-21(12-16(14)22-10-8-19-13-22)17(18-2)20-7-5-15-4-3-11-23-15/h8,10,13-16H,3-7,9,11-12H2,1-2H3,(H,18,20). The zero-order chi connectivity index (χ0) is 16.1. The lowest BCUT2D eigenvalue weighted by Gasteiger charge is -2.39. The van der Waals surface area contributed by atoms with Gasteiger partial charge in [0.25, 0.3) is 0 Å². The topological polar surface area (TPSA) is 54.7 Å². The number of likely N-dealkylation sites (tertiary alicyclic amines) is 1. The average molecular weight is 319 g/mol. The molecule has 6 nitrogen and oxygen atoms in total. The van der Waals surface area contributed by atoms with Gasteiger partial charge in [-0.3, -0.25) is 4.99 Å². The van der Waals surface area contributed by atoms with Gasteiger partial charge >= 0.3 is 0 Å². The van der Waals surface area contributed by atoms with Crippen LogP contribution in [0.15, 0.2) is 23.7 Å². The van der Waals surface area contributed by atoms with Crippen LogP contribution >= 0.6 is 0 Å². The summed E-state index contributed by atoms with van der Waals surface area (Å²) in [6.07, 6.45) is 10.9. The molecule has 3 heterocycles. The van der Waals surface area contributed by atoms with E-state index in [-0.39, 0.29) is 0 Å². The van der Waals surface area contributed by atoms with E-state index in [1.54, 1.807) is 0 Å². The molecule has 2 saturated heterocycles. The van der Waals surface area contributed by atoms with Crippen LogP contribution in [0.2, 0.25) is 0 Å². The molecule has 0 radical (unpaired) electrons. The fourth-order valence-electron chi connectivity index (χ4n) is 3.64. The first-order chi connectivity index (χ1) is 11.3. The minimum Gasteiger partial charge on any atom is -0.378 e. The molecule has 2 fully saturated rings. The van der Waals surface area contributed by atoms with Gasteiger partial charge < -0.3 is 19.5 Å². The van der Waals surface area contributed by atoms with Gasteiger partial charge in [0.2, 0.25) is 0 Å². The molecule has 3 atom stereocenters. The molecule has 0 saturated carbocycles. The molecule has 128 valence electrons. The summed E-state index contributed by atoms with van der Waals surface area (Å²) in [4.78, 5) is 11.1. The lowest BCUT2D eigenvalue weighted by atomic mass is 9.93. The monoisotopic (exact) mass is 319 g/mol. The van der Waals surface area contributed by atoms with Crippen molar-refractivity contribution in [1.29, 1.82) is 0 Å². The number of imidazole rings is 1. The highest BCUT2D eigenvalue weighted by atomic mass is 16.5. The highest BCUT2D eigenvalue weighted by Gasteiger charge is 2.28. The van der Waals surface area contributed by atoms with E-state index in [0.717, 1.165) is 38.6 Å². The van der Waals surface area contributed by atoms with E-state index in [9.17, 15) is 0 Å². The Bertz CT molecular complexity index is 495. The van der Waals surface area contributed by atoms with Crippen LogP contribution in [0, 0.1) is 5.92 Å². The third-order valence-electron chi connectivity index (χ3n) is 5.11. The van der Waals surface area contributed by atoms with Crippen molar-refractivity contribution in [3.8, 4) is 0 Å². The second-order valence-corrected chi connectivity index (χ2v) is 6.69. The van der Waals surface area contributed by atoms with E-state index in [1.807, 2.05) is 19.6 Å². The number of guanidine groups is 1. The minimum absolute atomic E-state index is 0.431. The van der Waals surface area contributed by atoms with Crippen LogP contribution in [0.5, 0.6) is 0 Å². The molecule has 0 aromatic carbocycles. The molecular weight excluding hydrogens is 290 g/mol. The maximum atomic E-state index is 5.69. The number of piperidine rings is 1. The molecule has 23 heavy (non-hydrogen) atoms. The van der Waals surface area contributed by atoms with E-state index in [0.29, 0.717) is 18.1 Å². The second kappa shape index (κ2) is 7.81. The minimum atomic E-state index is 0.431. The quantitative estimate of drug-likeness (QED) is 0.680. The molecule has 2 aliphatic heterocycles. The summed E-state index contributed by atoms with van der Waals surface area (Å²) >= 11 is 0. The van der Waals surface area contributed by atoms with Gasteiger partial charge in [0.1, 0.15) is 0 Å². The molecule has 3 rings (SSSR count). The Hall–Kier alpha value is -1.56. The molecule has 6 heteroatoms. The van der Waals surface area contributed by atoms with Crippen LogP contribution in [0.1, 0.15) is 38.6 Å². The lowest BCUT2D eigenvalue weighted by molar-refractivity contribution is 0.105. The number of aliphatic imine (C=N–C) groups is 1. The van der Waals surface area contributed by atoms with Gasteiger partial charge in [-0.2, -0.15) is 0 Å².